The summed E-state index contributed by atoms with van der Waals surface area (Å²) >= 11 is 12.3. The molecule has 3 aromatic carbocycles. The summed E-state index contributed by atoms with van der Waals surface area (Å²) in [5.41, 5.74) is 5.95. The maximum Gasteiger partial charge on any atom is 0.339 e. The molecule has 0 amide bonds. The molecule has 0 unspecified atom stereocenters. The van der Waals surface area contributed by atoms with Gasteiger partial charge in [-0.15, -0.1) is 0 Å². The van der Waals surface area contributed by atoms with Gasteiger partial charge in [-0.25, -0.2) is 9.78 Å². The highest BCUT2D eigenvalue weighted by Crippen LogP contribution is 2.38. The van der Waals surface area contributed by atoms with E-state index >= 15 is 0 Å². The number of methoxy groups -OCH3 is 1. The van der Waals surface area contributed by atoms with E-state index in [0.717, 1.165) is 34.2 Å². The molecule has 0 bridgehead atoms. The quantitative estimate of drug-likeness (QED) is 0.189. The molecule has 0 N–H and O–H groups in total. The number of halogens is 2. The van der Waals surface area contributed by atoms with Crippen molar-refractivity contribution in [3.63, 3.8) is 0 Å². The molecule has 1 aromatic heterocycles. The second kappa shape index (κ2) is 10.4. The molecule has 5 rings (SSSR count). The Labute approximate surface area is 224 Å². The van der Waals surface area contributed by atoms with Crippen LogP contribution in [0.4, 0.5) is 0 Å². The first kappa shape index (κ1) is 25.0. The van der Waals surface area contributed by atoms with Crippen molar-refractivity contribution in [3.8, 4) is 5.75 Å². The largest absolute Gasteiger partial charge is 0.496 e. The number of allylic oxidation sites excluding steroid dienone is 1. The van der Waals surface area contributed by atoms with E-state index in [1.54, 1.807) is 31.4 Å². The number of para-hydroxylation sites is 1. The number of nitrogens with zero attached hydrogens (tertiary/aromatic N) is 1. The number of hydrogen-bond donors (Lipinski definition) is 0. The molecule has 0 spiro atoms. The summed E-state index contributed by atoms with van der Waals surface area (Å²) in [6, 6.07) is 18.1. The molecule has 0 radical (unpaired) electrons. The van der Waals surface area contributed by atoms with E-state index in [2.05, 4.69) is 0 Å². The third kappa shape index (κ3) is 4.97. The Morgan fingerprint density at radius 2 is 1.81 bits per heavy atom. The second-order valence-electron chi connectivity index (χ2n) is 8.83. The molecule has 0 aliphatic heterocycles. The van der Waals surface area contributed by atoms with Gasteiger partial charge in [-0.3, -0.25) is 4.79 Å². The van der Waals surface area contributed by atoms with Crippen molar-refractivity contribution in [1.29, 1.82) is 0 Å². The summed E-state index contributed by atoms with van der Waals surface area (Å²) in [5.74, 6) is 0.0323. The van der Waals surface area contributed by atoms with Crippen LogP contribution in [0.3, 0.4) is 0 Å². The van der Waals surface area contributed by atoms with Gasteiger partial charge in [0.15, 0.2) is 5.78 Å². The van der Waals surface area contributed by atoms with Crippen molar-refractivity contribution in [1.82, 2.24) is 4.98 Å². The van der Waals surface area contributed by atoms with Gasteiger partial charge in [-0.2, -0.15) is 0 Å². The average molecular weight is 532 g/mol. The van der Waals surface area contributed by atoms with Crippen molar-refractivity contribution in [2.24, 2.45) is 0 Å². The first-order valence-electron chi connectivity index (χ1n) is 11.8. The fourth-order valence-electron chi connectivity index (χ4n) is 4.64. The first-order chi connectivity index (χ1) is 17.9. The first-order valence-corrected chi connectivity index (χ1v) is 12.5. The summed E-state index contributed by atoms with van der Waals surface area (Å²) < 4.78 is 11.2. The molecular formula is C30H23Cl2NO4. The zero-order chi connectivity index (χ0) is 26.1. The number of pyridine rings is 1. The lowest BCUT2D eigenvalue weighted by molar-refractivity contribution is 0.0471. The number of ether oxygens (including phenoxy) is 2. The van der Waals surface area contributed by atoms with Gasteiger partial charge in [0.25, 0.3) is 0 Å². The summed E-state index contributed by atoms with van der Waals surface area (Å²) in [7, 11) is 1.54. The van der Waals surface area contributed by atoms with Gasteiger partial charge in [0.05, 0.1) is 33.9 Å². The lowest BCUT2D eigenvalue weighted by atomic mass is 10.0. The number of ketones is 1. The Morgan fingerprint density at radius 3 is 2.57 bits per heavy atom. The second-order valence-corrected chi connectivity index (χ2v) is 9.65. The van der Waals surface area contributed by atoms with Crippen LogP contribution < -0.4 is 4.74 Å². The van der Waals surface area contributed by atoms with Gasteiger partial charge in [0.2, 0.25) is 0 Å². The van der Waals surface area contributed by atoms with E-state index in [1.807, 2.05) is 42.5 Å². The number of esters is 1. The highest BCUT2D eigenvalue weighted by Gasteiger charge is 2.28. The third-order valence-corrected chi connectivity index (χ3v) is 7.22. The number of benzene rings is 3. The van der Waals surface area contributed by atoms with Crippen molar-refractivity contribution in [2.75, 3.05) is 7.11 Å². The number of fused-ring (bicyclic) bond motifs is 2. The minimum Gasteiger partial charge on any atom is -0.496 e. The van der Waals surface area contributed by atoms with Gasteiger partial charge >= 0.3 is 5.97 Å². The van der Waals surface area contributed by atoms with E-state index in [1.165, 1.54) is 6.92 Å². The van der Waals surface area contributed by atoms with Crippen LogP contribution in [0.1, 0.15) is 56.4 Å². The van der Waals surface area contributed by atoms with Crippen molar-refractivity contribution >= 4 is 57.5 Å². The highest BCUT2D eigenvalue weighted by molar-refractivity contribution is 6.42. The molecule has 37 heavy (non-hydrogen) atoms. The van der Waals surface area contributed by atoms with Crippen LogP contribution in [-0.4, -0.2) is 23.8 Å². The predicted molar refractivity (Wildman–Crippen MR) is 147 cm³/mol. The molecule has 0 saturated heterocycles. The lowest BCUT2D eigenvalue weighted by Gasteiger charge is -2.14. The third-order valence-electron chi connectivity index (χ3n) is 6.48. The molecular weight excluding hydrogens is 509 g/mol. The summed E-state index contributed by atoms with van der Waals surface area (Å²) in [6.07, 6.45) is 3.42. The molecule has 0 fully saturated rings. The van der Waals surface area contributed by atoms with E-state index in [-0.39, 0.29) is 12.4 Å². The number of carbonyl (C=O) groups is 2. The fourth-order valence-corrected chi connectivity index (χ4v) is 4.95. The van der Waals surface area contributed by atoms with E-state index in [9.17, 15) is 9.59 Å². The Kier molecular flexibility index (Phi) is 7.00. The van der Waals surface area contributed by atoms with Crippen molar-refractivity contribution in [2.45, 2.75) is 26.4 Å². The monoisotopic (exact) mass is 531 g/mol. The molecule has 1 heterocycles. The van der Waals surface area contributed by atoms with Crippen LogP contribution in [-0.2, 0) is 17.8 Å². The molecule has 5 nitrogen and oxygen atoms in total. The van der Waals surface area contributed by atoms with E-state index in [0.29, 0.717) is 44.4 Å². The molecule has 0 atom stereocenters. The number of aromatic nitrogens is 1. The number of carbonyl (C=O) groups excluding carboxylic acids is 2. The van der Waals surface area contributed by atoms with Gasteiger partial charge in [0.1, 0.15) is 12.4 Å². The zero-order valence-corrected chi connectivity index (χ0v) is 21.8. The maximum absolute atomic E-state index is 13.5. The standard InChI is InChI=1S/C30H23Cl2NO4/c1-17(34)19-9-12-27(36-2)21(15-19)16-37-30(35)28-22-5-3-4-6-26(22)33-29-20(8-10-23(28)29)13-18-7-11-24(31)25(32)14-18/h3-7,9,11-15H,8,10,16H2,1-2H3/b20-13-. The highest BCUT2D eigenvalue weighted by atomic mass is 35.5. The number of rotatable bonds is 6. The minimum atomic E-state index is -0.444. The topological polar surface area (TPSA) is 65.5 Å². The molecule has 1 aliphatic rings. The fraction of sp³-hybridized carbons (Fsp3) is 0.167. The Morgan fingerprint density at radius 1 is 1.00 bits per heavy atom. The average Bonchev–Trinajstić information content (AvgIpc) is 3.29. The van der Waals surface area contributed by atoms with Gasteiger partial charge in [-0.1, -0.05) is 47.5 Å². The Balaban J connectivity index is 1.53. The smallest absolute Gasteiger partial charge is 0.339 e. The van der Waals surface area contributed by atoms with Crippen LogP contribution in [0.5, 0.6) is 5.75 Å². The zero-order valence-electron chi connectivity index (χ0n) is 20.3. The SMILES string of the molecule is COc1ccc(C(C)=O)cc1COC(=O)c1c2c(nc3ccccc13)/C(=C\c1ccc(Cl)c(Cl)c1)CC2. The maximum atomic E-state index is 13.5. The van der Waals surface area contributed by atoms with Crippen LogP contribution in [0, 0.1) is 0 Å². The van der Waals surface area contributed by atoms with Crippen molar-refractivity contribution in [3.05, 3.63) is 104 Å². The normalized spacial score (nSPS) is 13.6. The lowest BCUT2D eigenvalue weighted by Crippen LogP contribution is -2.11. The number of hydrogen-bond acceptors (Lipinski definition) is 5. The molecule has 1 aliphatic carbocycles. The van der Waals surface area contributed by atoms with Crippen LogP contribution >= 0.6 is 23.2 Å². The van der Waals surface area contributed by atoms with Gasteiger partial charge in [0, 0.05) is 16.5 Å². The summed E-state index contributed by atoms with van der Waals surface area (Å²) in [6.45, 7) is 1.47. The number of Topliss-reactive ketones (excluding diaryl/α,β-unsaturated/α-hetero) is 1. The van der Waals surface area contributed by atoms with Crippen LogP contribution in [0.15, 0.2) is 60.7 Å². The van der Waals surface area contributed by atoms with E-state index in [4.69, 9.17) is 37.7 Å². The summed E-state index contributed by atoms with van der Waals surface area (Å²) in [4.78, 5) is 30.3. The summed E-state index contributed by atoms with van der Waals surface area (Å²) in [5, 5.41) is 1.72. The van der Waals surface area contributed by atoms with Gasteiger partial charge < -0.3 is 9.47 Å². The van der Waals surface area contributed by atoms with E-state index < -0.39 is 5.97 Å². The Hall–Kier alpha value is -3.67. The minimum absolute atomic E-state index is 0.0273. The van der Waals surface area contributed by atoms with Crippen LogP contribution in [0.2, 0.25) is 10.0 Å². The Bertz CT molecular complexity index is 1590. The molecule has 0 saturated carbocycles. The predicted octanol–water partition coefficient (Wildman–Crippen LogP) is 7.60. The van der Waals surface area contributed by atoms with Gasteiger partial charge in [-0.05, 0) is 78.9 Å². The molecule has 186 valence electrons. The molecule has 7 heteroatoms. The van der Waals surface area contributed by atoms with Crippen LogP contribution in [0.25, 0.3) is 22.6 Å². The van der Waals surface area contributed by atoms with Crippen molar-refractivity contribution < 1.29 is 19.1 Å². The molecule has 4 aromatic rings.